The minimum absolute atomic E-state index is 0.258. The van der Waals surface area contributed by atoms with Crippen LogP contribution in [0.25, 0.3) is 42.2 Å². The van der Waals surface area contributed by atoms with Crippen molar-refractivity contribution in [1.29, 1.82) is 5.26 Å². The maximum absolute atomic E-state index is 9.95. The van der Waals surface area contributed by atoms with Gasteiger partial charge in [0.25, 0.3) is 0 Å². The Morgan fingerprint density at radius 3 is 2.44 bits per heavy atom. The van der Waals surface area contributed by atoms with Crippen molar-refractivity contribution in [3.8, 4) is 17.3 Å². The Labute approximate surface area is 193 Å². The third-order valence-electron chi connectivity index (χ3n) is 6.15. The summed E-state index contributed by atoms with van der Waals surface area (Å²) in [6.07, 6.45) is 3.03. The highest BCUT2D eigenvalue weighted by Crippen LogP contribution is 2.43. The molecule has 0 fully saturated rings. The normalized spacial score (nSPS) is 12.0. The monoisotopic (exact) mass is 435 g/mol. The maximum Gasteiger partial charge on any atom is 0.230 e. The van der Waals surface area contributed by atoms with Crippen LogP contribution in [0.1, 0.15) is 37.5 Å². The molecule has 3 aromatic carbocycles. The number of nitrogens with zero attached hydrogens (tertiary/aromatic N) is 2. The molecule has 32 heavy (non-hydrogen) atoms. The molecule has 0 aliphatic heterocycles. The van der Waals surface area contributed by atoms with Crippen LogP contribution in [0.3, 0.4) is 0 Å². The minimum Gasteiger partial charge on any atom is -0.198 e. The van der Waals surface area contributed by atoms with E-state index in [0.29, 0.717) is 0 Å². The van der Waals surface area contributed by atoms with Gasteiger partial charge in [-0.1, -0.05) is 69.3 Å². The van der Waals surface area contributed by atoms with Crippen LogP contribution in [-0.4, -0.2) is 0 Å². The van der Waals surface area contributed by atoms with Gasteiger partial charge in [-0.25, -0.2) is 0 Å². The summed E-state index contributed by atoms with van der Waals surface area (Å²) in [4.78, 5) is 0. The number of aryl methyl sites for hydroxylation is 2. The lowest BCUT2D eigenvalue weighted by Crippen LogP contribution is -2.31. The van der Waals surface area contributed by atoms with Crippen LogP contribution in [0.2, 0.25) is 0 Å². The summed E-state index contributed by atoms with van der Waals surface area (Å²) in [6.45, 7) is 8.99. The number of nitriles is 1. The van der Waals surface area contributed by atoms with Crippen molar-refractivity contribution in [1.82, 2.24) is 0 Å². The van der Waals surface area contributed by atoms with Gasteiger partial charge in [0.15, 0.2) is 6.20 Å². The lowest BCUT2D eigenvalue weighted by molar-refractivity contribution is -0.659. The molecule has 0 aliphatic rings. The fourth-order valence-corrected chi connectivity index (χ4v) is 6.26. The molecule has 0 atom stereocenters. The molecule has 0 saturated heterocycles. The topological polar surface area (TPSA) is 27.7 Å². The van der Waals surface area contributed by atoms with E-state index in [4.69, 9.17) is 0 Å². The van der Waals surface area contributed by atoms with Crippen LogP contribution < -0.4 is 4.57 Å². The van der Waals surface area contributed by atoms with E-state index in [1.807, 2.05) is 24.6 Å². The van der Waals surface area contributed by atoms with Crippen molar-refractivity contribution in [2.24, 2.45) is 12.5 Å². The second-order valence-corrected chi connectivity index (χ2v) is 11.0. The van der Waals surface area contributed by atoms with Gasteiger partial charge >= 0.3 is 0 Å². The number of thiophene rings is 1. The van der Waals surface area contributed by atoms with Gasteiger partial charge in [-0.3, -0.25) is 0 Å². The van der Waals surface area contributed by atoms with Gasteiger partial charge in [-0.05, 0) is 46.7 Å². The second kappa shape index (κ2) is 7.43. The van der Waals surface area contributed by atoms with Crippen molar-refractivity contribution < 1.29 is 4.57 Å². The molecule has 0 radical (unpaired) electrons. The highest BCUT2D eigenvalue weighted by Gasteiger charge is 2.24. The Morgan fingerprint density at radius 1 is 0.969 bits per heavy atom. The lowest BCUT2D eigenvalue weighted by Gasteiger charge is -2.18. The van der Waals surface area contributed by atoms with E-state index >= 15 is 0 Å². The SMILES string of the molecule is Cc1ccccc1-c1c2sc3c4ccc(CC(C)(C)C)cc4ccc3c2c(C#N)c[n+]1C. The van der Waals surface area contributed by atoms with E-state index in [1.54, 1.807) is 0 Å². The highest BCUT2D eigenvalue weighted by molar-refractivity contribution is 7.27. The third-order valence-corrected chi connectivity index (χ3v) is 7.40. The Morgan fingerprint density at radius 2 is 1.72 bits per heavy atom. The first kappa shape index (κ1) is 20.7. The molecule has 0 saturated carbocycles. The summed E-state index contributed by atoms with van der Waals surface area (Å²) in [5.41, 5.74) is 5.99. The first-order valence-corrected chi connectivity index (χ1v) is 11.8. The summed E-state index contributed by atoms with van der Waals surface area (Å²) in [5.74, 6) is 0. The Hall–Kier alpha value is -3.22. The molecule has 0 aliphatic carbocycles. The summed E-state index contributed by atoms with van der Waals surface area (Å²) in [6, 6.07) is 22.2. The van der Waals surface area contributed by atoms with Crippen LogP contribution in [0.5, 0.6) is 0 Å². The number of hydrogen-bond donors (Lipinski definition) is 0. The maximum atomic E-state index is 9.95. The van der Waals surface area contributed by atoms with Crippen molar-refractivity contribution >= 4 is 42.3 Å². The largest absolute Gasteiger partial charge is 0.230 e. The quantitative estimate of drug-likeness (QED) is 0.264. The molecule has 0 bridgehead atoms. The molecule has 0 N–H and O–H groups in total. The van der Waals surface area contributed by atoms with Gasteiger partial charge in [0.05, 0.1) is 5.56 Å². The van der Waals surface area contributed by atoms with Crippen molar-refractivity contribution in [3.05, 3.63) is 77.5 Å². The van der Waals surface area contributed by atoms with Gasteiger partial charge in [-0.15, -0.1) is 11.3 Å². The predicted molar refractivity (Wildman–Crippen MR) is 136 cm³/mol. The van der Waals surface area contributed by atoms with Gasteiger partial charge in [-0.2, -0.15) is 9.83 Å². The molecule has 5 aromatic rings. The van der Waals surface area contributed by atoms with Gasteiger partial charge < -0.3 is 0 Å². The zero-order valence-electron chi connectivity index (χ0n) is 19.3. The predicted octanol–water partition coefficient (Wildman–Crippen LogP) is 7.47. The molecule has 0 spiro atoms. The summed E-state index contributed by atoms with van der Waals surface area (Å²) in [7, 11) is 2.04. The number of fused-ring (bicyclic) bond motifs is 5. The molecule has 0 unspecified atom stereocenters. The zero-order chi connectivity index (χ0) is 22.6. The second-order valence-electron chi connectivity index (χ2n) is 9.97. The van der Waals surface area contributed by atoms with Crippen LogP contribution in [0, 0.1) is 23.7 Å². The number of aromatic nitrogens is 1. The smallest absolute Gasteiger partial charge is 0.198 e. The van der Waals surface area contributed by atoms with Gasteiger partial charge in [0, 0.05) is 15.5 Å². The van der Waals surface area contributed by atoms with Gasteiger partial charge in [0.2, 0.25) is 5.69 Å². The molecule has 158 valence electrons. The van der Waals surface area contributed by atoms with E-state index < -0.39 is 0 Å². The number of hydrogen-bond acceptors (Lipinski definition) is 2. The lowest BCUT2D eigenvalue weighted by atomic mass is 9.87. The fourth-order valence-electron chi connectivity index (χ4n) is 4.81. The fraction of sp³-hybridized carbons (Fsp3) is 0.241. The summed E-state index contributed by atoms with van der Waals surface area (Å²) in [5, 5.41) is 14.7. The Kier molecular flexibility index (Phi) is 4.80. The average molecular weight is 436 g/mol. The molecule has 0 amide bonds. The standard InChI is InChI=1S/C29H27N2S/c1-18-8-6-7-9-22(18)26-28-25(21(16-30)17-31(26)5)24-13-11-20-14-19(15-29(2,3)4)10-12-23(20)27(24)32-28/h6-14,17H,15H2,1-5H3/q+1. The summed E-state index contributed by atoms with van der Waals surface area (Å²) < 4.78 is 4.56. The van der Waals surface area contributed by atoms with Crippen LogP contribution in [0.4, 0.5) is 0 Å². The number of rotatable bonds is 2. The molecule has 2 heterocycles. The molecular formula is C29H27N2S+. The first-order chi connectivity index (χ1) is 15.3. The van der Waals surface area contributed by atoms with Crippen molar-refractivity contribution in [3.63, 3.8) is 0 Å². The number of pyridine rings is 1. The van der Waals surface area contributed by atoms with Crippen LogP contribution in [0.15, 0.2) is 60.8 Å². The highest BCUT2D eigenvalue weighted by atomic mass is 32.1. The van der Waals surface area contributed by atoms with E-state index in [1.165, 1.54) is 47.9 Å². The first-order valence-electron chi connectivity index (χ1n) is 11.0. The van der Waals surface area contributed by atoms with Gasteiger partial charge in [0.1, 0.15) is 23.4 Å². The third kappa shape index (κ3) is 3.36. The van der Waals surface area contributed by atoms with E-state index in [9.17, 15) is 5.26 Å². The molecule has 3 heteroatoms. The van der Waals surface area contributed by atoms with Crippen LogP contribution >= 0.6 is 11.3 Å². The molecular weight excluding hydrogens is 408 g/mol. The summed E-state index contributed by atoms with van der Waals surface area (Å²) >= 11 is 1.81. The minimum atomic E-state index is 0.258. The van der Waals surface area contributed by atoms with E-state index in [2.05, 4.69) is 92.9 Å². The van der Waals surface area contributed by atoms with Crippen molar-refractivity contribution in [2.75, 3.05) is 0 Å². The molecule has 5 rings (SSSR count). The van der Waals surface area contributed by atoms with Crippen molar-refractivity contribution in [2.45, 2.75) is 34.1 Å². The Balaban J connectivity index is 1.86. The number of benzene rings is 3. The molecule has 2 nitrogen and oxygen atoms in total. The molecule has 2 aromatic heterocycles. The average Bonchev–Trinajstić information content (AvgIpc) is 3.12. The zero-order valence-corrected chi connectivity index (χ0v) is 20.1. The van der Waals surface area contributed by atoms with E-state index in [-0.39, 0.29) is 5.41 Å². The Bertz CT molecular complexity index is 1560. The van der Waals surface area contributed by atoms with E-state index in [0.717, 1.165) is 17.4 Å². The van der Waals surface area contributed by atoms with Crippen LogP contribution in [-0.2, 0) is 13.5 Å².